The Balaban J connectivity index is 2.25. The largest absolute Gasteiger partial charge is 0.374 e. The molecule has 1 fully saturated rings. The van der Waals surface area contributed by atoms with Crippen LogP contribution in [0, 0.1) is 0 Å². The van der Waals surface area contributed by atoms with Gasteiger partial charge in [0.15, 0.2) is 0 Å². The van der Waals surface area contributed by atoms with Crippen molar-refractivity contribution in [2.24, 2.45) is 0 Å². The molecule has 0 bridgehead atoms. The average Bonchev–Trinajstić information content (AvgIpc) is 2.20. The van der Waals surface area contributed by atoms with E-state index in [1.807, 2.05) is 11.0 Å². The number of anilines is 1. The first-order valence-corrected chi connectivity index (χ1v) is 5.62. The minimum atomic E-state index is -0.357. The molecule has 2 rings (SSSR count). The molecule has 1 aromatic rings. The zero-order valence-electron chi connectivity index (χ0n) is 7.86. The summed E-state index contributed by atoms with van der Waals surface area (Å²) in [4.78, 5) is 6.07. The van der Waals surface area contributed by atoms with Crippen LogP contribution in [0.5, 0.6) is 0 Å². The second-order valence-electron chi connectivity index (χ2n) is 3.50. The molecule has 1 atom stereocenters. The van der Waals surface area contributed by atoms with Crippen molar-refractivity contribution in [3.63, 3.8) is 0 Å². The number of aliphatic hydroxyl groups is 1. The molecule has 4 heteroatoms. The Bertz CT molecular complexity index is 319. The van der Waals surface area contributed by atoms with Crippen molar-refractivity contribution in [1.29, 1.82) is 0 Å². The van der Waals surface area contributed by atoms with Gasteiger partial charge in [-0.25, -0.2) is 0 Å². The van der Waals surface area contributed by atoms with Gasteiger partial charge in [-0.15, -0.1) is 0 Å². The van der Waals surface area contributed by atoms with Crippen LogP contribution in [0.2, 0.25) is 0 Å². The zero-order chi connectivity index (χ0) is 9.97. The van der Waals surface area contributed by atoms with Gasteiger partial charge >= 0.3 is 0 Å². The summed E-state index contributed by atoms with van der Waals surface area (Å²) in [5.74, 6) is 0. The van der Waals surface area contributed by atoms with E-state index in [1.165, 1.54) is 0 Å². The van der Waals surface area contributed by atoms with Gasteiger partial charge in [0, 0.05) is 17.2 Å². The van der Waals surface area contributed by atoms with Crippen LogP contribution in [0.3, 0.4) is 0 Å². The van der Waals surface area contributed by atoms with Crippen molar-refractivity contribution in [3.8, 4) is 0 Å². The van der Waals surface area contributed by atoms with Gasteiger partial charge in [-0.2, -0.15) is 0 Å². The molecule has 76 valence electrons. The summed E-state index contributed by atoms with van der Waals surface area (Å²) >= 11 is 3.47. The van der Waals surface area contributed by atoms with Gasteiger partial charge in [0.1, 0.15) is 6.23 Å². The van der Waals surface area contributed by atoms with E-state index in [9.17, 15) is 5.11 Å². The third kappa shape index (κ3) is 1.91. The molecule has 1 unspecified atom stereocenters. The van der Waals surface area contributed by atoms with Crippen LogP contribution in [-0.4, -0.2) is 22.9 Å². The molecule has 0 spiro atoms. The molecule has 1 aliphatic heterocycles. The number of hydrogen-bond acceptors (Lipinski definition) is 3. The first-order chi connectivity index (χ1) is 6.79. The Morgan fingerprint density at radius 3 is 3.07 bits per heavy atom. The fourth-order valence-electron chi connectivity index (χ4n) is 1.78. The van der Waals surface area contributed by atoms with E-state index in [-0.39, 0.29) is 6.23 Å². The lowest BCUT2D eigenvalue weighted by Gasteiger charge is -2.34. The number of hydrogen-bond donors (Lipinski definition) is 1. The second-order valence-corrected chi connectivity index (χ2v) is 4.35. The molecular weight excluding hydrogens is 244 g/mol. The molecular formula is C10H13BrN2O. The highest BCUT2D eigenvalue weighted by Crippen LogP contribution is 2.29. The normalized spacial score (nSPS) is 22.4. The molecule has 1 aromatic heterocycles. The van der Waals surface area contributed by atoms with Crippen molar-refractivity contribution in [2.75, 3.05) is 11.4 Å². The topological polar surface area (TPSA) is 36.4 Å². The van der Waals surface area contributed by atoms with E-state index < -0.39 is 0 Å². The van der Waals surface area contributed by atoms with E-state index in [2.05, 4.69) is 20.9 Å². The van der Waals surface area contributed by atoms with Crippen molar-refractivity contribution >= 4 is 21.6 Å². The summed E-state index contributed by atoms with van der Waals surface area (Å²) in [6.07, 6.45) is 6.27. The molecule has 0 amide bonds. The molecule has 0 aromatic carbocycles. The van der Waals surface area contributed by atoms with Gasteiger partial charge in [0.2, 0.25) is 0 Å². The number of rotatable bonds is 1. The molecule has 1 aliphatic rings. The van der Waals surface area contributed by atoms with Crippen LogP contribution in [0.4, 0.5) is 5.69 Å². The Morgan fingerprint density at radius 1 is 1.50 bits per heavy atom. The highest BCUT2D eigenvalue weighted by atomic mass is 79.9. The van der Waals surface area contributed by atoms with E-state index in [0.717, 1.165) is 36.0 Å². The maximum atomic E-state index is 9.82. The molecule has 1 N–H and O–H groups in total. The van der Waals surface area contributed by atoms with Crippen molar-refractivity contribution in [1.82, 2.24) is 4.98 Å². The Morgan fingerprint density at radius 2 is 2.36 bits per heavy atom. The van der Waals surface area contributed by atoms with Gasteiger partial charge in [-0.1, -0.05) is 0 Å². The predicted molar refractivity (Wildman–Crippen MR) is 59.1 cm³/mol. The van der Waals surface area contributed by atoms with Crippen LogP contribution in [0.25, 0.3) is 0 Å². The lowest BCUT2D eigenvalue weighted by molar-refractivity contribution is 0.140. The molecule has 0 saturated carbocycles. The predicted octanol–water partition coefficient (Wildman–Crippen LogP) is 2.15. The van der Waals surface area contributed by atoms with E-state index >= 15 is 0 Å². The van der Waals surface area contributed by atoms with Crippen molar-refractivity contribution < 1.29 is 5.11 Å². The third-order valence-electron chi connectivity index (χ3n) is 2.53. The Hall–Kier alpha value is -0.610. The third-order valence-corrected chi connectivity index (χ3v) is 3.20. The fourth-order valence-corrected chi connectivity index (χ4v) is 2.22. The highest BCUT2D eigenvalue weighted by molar-refractivity contribution is 9.10. The standard InChI is InChI=1S/C10H13BrN2O/c11-8-4-5-12-7-9(8)13-6-2-1-3-10(13)14/h4-5,7,10,14H,1-3,6H2. The minimum Gasteiger partial charge on any atom is -0.374 e. The lowest BCUT2D eigenvalue weighted by Crippen LogP contribution is -2.39. The smallest absolute Gasteiger partial charge is 0.126 e. The Kier molecular flexibility index (Phi) is 3.03. The van der Waals surface area contributed by atoms with Crippen LogP contribution in [0.15, 0.2) is 22.9 Å². The second kappa shape index (κ2) is 4.28. The average molecular weight is 257 g/mol. The van der Waals surface area contributed by atoms with Gasteiger partial charge in [-0.05, 0) is 41.3 Å². The number of aliphatic hydroxyl groups excluding tert-OH is 1. The van der Waals surface area contributed by atoms with Crippen LogP contribution < -0.4 is 4.90 Å². The first kappa shape index (κ1) is 9.93. The molecule has 14 heavy (non-hydrogen) atoms. The summed E-state index contributed by atoms with van der Waals surface area (Å²) in [5, 5.41) is 9.82. The summed E-state index contributed by atoms with van der Waals surface area (Å²) in [7, 11) is 0. The van der Waals surface area contributed by atoms with Crippen LogP contribution in [0.1, 0.15) is 19.3 Å². The Labute approximate surface area is 91.9 Å². The maximum absolute atomic E-state index is 9.82. The van der Waals surface area contributed by atoms with Gasteiger partial charge in [0.25, 0.3) is 0 Å². The number of piperidine rings is 1. The SMILES string of the molecule is OC1CCCCN1c1cnccc1Br. The number of nitrogens with zero attached hydrogens (tertiary/aromatic N) is 2. The summed E-state index contributed by atoms with van der Waals surface area (Å²) < 4.78 is 0.994. The molecule has 3 nitrogen and oxygen atoms in total. The molecule has 0 aliphatic carbocycles. The number of aromatic nitrogens is 1. The molecule has 1 saturated heterocycles. The highest BCUT2D eigenvalue weighted by Gasteiger charge is 2.21. The minimum absolute atomic E-state index is 0.357. The first-order valence-electron chi connectivity index (χ1n) is 4.83. The number of halogens is 1. The van der Waals surface area contributed by atoms with E-state index in [1.54, 1.807) is 12.4 Å². The fraction of sp³-hybridized carbons (Fsp3) is 0.500. The van der Waals surface area contributed by atoms with Crippen LogP contribution >= 0.6 is 15.9 Å². The van der Waals surface area contributed by atoms with Crippen molar-refractivity contribution in [3.05, 3.63) is 22.9 Å². The summed E-state index contributed by atoms with van der Waals surface area (Å²) in [6.45, 7) is 0.908. The molecule has 0 radical (unpaired) electrons. The quantitative estimate of drug-likeness (QED) is 0.837. The van der Waals surface area contributed by atoms with E-state index in [4.69, 9.17) is 0 Å². The van der Waals surface area contributed by atoms with Gasteiger partial charge in [-0.3, -0.25) is 4.98 Å². The van der Waals surface area contributed by atoms with Gasteiger partial charge in [0.05, 0.1) is 11.9 Å². The summed E-state index contributed by atoms with van der Waals surface area (Å²) in [6, 6.07) is 1.90. The zero-order valence-corrected chi connectivity index (χ0v) is 9.44. The monoisotopic (exact) mass is 256 g/mol. The molecule has 2 heterocycles. The van der Waals surface area contributed by atoms with E-state index in [0.29, 0.717) is 0 Å². The van der Waals surface area contributed by atoms with Crippen LogP contribution in [-0.2, 0) is 0 Å². The van der Waals surface area contributed by atoms with Crippen molar-refractivity contribution in [2.45, 2.75) is 25.5 Å². The lowest BCUT2D eigenvalue weighted by atomic mass is 10.1. The maximum Gasteiger partial charge on any atom is 0.126 e. The summed E-state index contributed by atoms with van der Waals surface area (Å²) in [5.41, 5.74) is 0.986. The van der Waals surface area contributed by atoms with Gasteiger partial charge < -0.3 is 10.0 Å². The number of pyridine rings is 1.